The van der Waals surface area contributed by atoms with E-state index in [-0.39, 0.29) is 0 Å². The molecule has 0 saturated heterocycles. The molecule has 0 bridgehead atoms. The monoisotopic (exact) mass is 404 g/mol. The number of furan rings is 1. The van der Waals surface area contributed by atoms with E-state index in [9.17, 15) is 0 Å². The molecule has 0 radical (unpaired) electrons. The molecule has 0 N–H and O–H groups in total. The van der Waals surface area contributed by atoms with Crippen molar-refractivity contribution in [2.24, 2.45) is 0 Å². The summed E-state index contributed by atoms with van der Waals surface area (Å²) in [6, 6.07) is 9.91. The summed E-state index contributed by atoms with van der Waals surface area (Å²) in [5, 5.41) is 5.61. The first kappa shape index (κ1) is 17.9. The van der Waals surface area contributed by atoms with E-state index in [1.807, 2.05) is 31.2 Å². The van der Waals surface area contributed by atoms with Gasteiger partial charge in [0, 0.05) is 4.88 Å². The van der Waals surface area contributed by atoms with Crippen LogP contribution in [0.15, 0.2) is 41.1 Å². The zero-order valence-corrected chi connectivity index (χ0v) is 17.5. The largest absolute Gasteiger partial charge is 0.485 e. The fourth-order valence-electron chi connectivity index (χ4n) is 3.43. The predicted octanol–water partition coefficient (Wildman–Crippen LogP) is 5.41. The van der Waals surface area contributed by atoms with Gasteiger partial charge in [0.25, 0.3) is 0 Å². The van der Waals surface area contributed by atoms with Crippen LogP contribution < -0.4 is 4.74 Å². The summed E-state index contributed by atoms with van der Waals surface area (Å²) in [5.74, 6) is 2.74. The van der Waals surface area contributed by atoms with Crippen molar-refractivity contribution < 1.29 is 9.15 Å². The zero-order chi connectivity index (χ0) is 20.1. The first-order chi connectivity index (χ1) is 14.0. The Morgan fingerprint density at radius 2 is 1.97 bits per heavy atom. The van der Waals surface area contributed by atoms with Gasteiger partial charge < -0.3 is 9.15 Å². The van der Waals surface area contributed by atoms with Crippen LogP contribution in [0.1, 0.15) is 27.3 Å². The number of hydrogen-bond donors (Lipinski definition) is 0. The molecule has 6 nitrogen and oxygen atoms in total. The highest BCUT2D eigenvalue weighted by Crippen LogP contribution is 2.32. The van der Waals surface area contributed by atoms with Crippen molar-refractivity contribution in [3.05, 3.63) is 64.0 Å². The standard InChI is InChI=1S/C22H20N4O2S/c1-12-5-7-17(13(2)9-12)27-10-16-6-8-18(28-16)20-24-21-19-14(3)15(4)29-22(19)23-11-26(21)25-20/h5-9,11H,10H2,1-4H3. The van der Waals surface area contributed by atoms with Crippen LogP contribution >= 0.6 is 11.3 Å². The van der Waals surface area contributed by atoms with Crippen LogP contribution in [0.5, 0.6) is 5.75 Å². The Bertz CT molecular complexity index is 1360. The molecule has 146 valence electrons. The zero-order valence-electron chi connectivity index (χ0n) is 16.7. The lowest BCUT2D eigenvalue weighted by Gasteiger charge is -2.08. The second-order valence-electron chi connectivity index (χ2n) is 7.24. The van der Waals surface area contributed by atoms with E-state index < -0.39 is 0 Å². The minimum Gasteiger partial charge on any atom is -0.485 e. The fourth-order valence-corrected chi connectivity index (χ4v) is 4.43. The van der Waals surface area contributed by atoms with Crippen LogP contribution in [0, 0.1) is 27.7 Å². The van der Waals surface area contributed by atoms with E-state index in [1.165, 1.54) is 16.0 Å². The second kappa shape index (κ2) is 6.70. The fraction of sp³-hybridized carbons (Fsp3) is 0.227. The number of aromatic nitrogens is 4. The molecule has 0 fully saturated rings. The Hall–Kier alpha value is -3.19. The van der Waals surface area contributed by atoms with Crippen LogP contribution in [0.2, 0.25) is 0 Å². The van der Waals surface area contributed by atoms with Gasteiger partial charge in [-0.2, -0.15) is 0 Å². The van der Waals surface area contributed by atoms with Gasteiger partial charge in [0.15, 0.2) is 11.4 Å². The Balaban J connectivity index is 1.44. The number of thiophene rings is 1. The van der Waals surface area contributed by atoms with Gasteiger partial charge in [-0.1, -0.05) is 17.7 Å². The molecule has 0 spiro atoms. The quantitative estimate of drug-likeness (QED) is 0.401. The lowest BCUT2D eigenvalue weighted by atomic mass is 10.1. The number of ether oxygens (including phenoxy) is 1. The van der Waals surface area contributed by atoms with Crippen LogP contribution in [-0.2, 0) is 6.61 Å². The first-order valence-corrected chi connectivity index (χ1v) is 10.2. The van der Waals surface area contributed by atoms with E-state index in [4.69, 9.17) is 14.1 Å². The average Bonchev–Trinajstić information content (AvgIpc) is 3.39. The van der Waals surface area contributed by atoms with Gasteiger partial charge in [-0.3, -0.25) is 0 Å². The summed E-state index contributed by atoms with van der Waals surface area (Å²) < 4.78 is 13.6. The van der Waals surface area contributed by atoms with E-state index in [0.717, 1.165) is 32.9 Å². The topological polar surface area (TPSA) is 65.5 Å². The highest BCUT2D eigenvalue weighted by Gasteiger charge is 2.17. The van der Waals surface area contributed by atoms with Gasteiger partial charge in [0.1, 0.15) is 29.3 Å². The van der Waals surface area contributed by atoms with Crippen molar-refractivity contribution in [2.45, 2.75) is 34.3 Å². The van der Waals surface area contributed by atoms with Crippen LogP contribution in [0.3, 0.4) is 0 Å². The normalized spacial score (nSPS) is 11.6. The van der Waals surface area contributed by atoms with E-state index in [1.54, 1.807) is 22.2 Å². The van der Waals surface area contributed by atoms with Gasteiger partial charge in [-0.05, 0) is 57.0 Å². The van der Waals surface area contributed by atoms with Crippen molar-refractivity contribution in [3.63, 3.8) is 0 Å². The van der Waals surface area contributed by atoms with Gasteiger partial charge >= 0.3 is 0 Å². The van der Waals surface area contributed by atoms with Crippen molar-refractivity contribution in [1.82, 2.24) is 19.6 Å². The maximum absolute atomic E-state index is 5.95. The van der Waals surface area contributed by atoms with Gasteiger partial charge in [0.2, 0.25) is 5.82 Å². The molecule has 5 rings (SSSR count). The molecule has 0 amide bonds. The third kappa shape index (κ3) is 3.07. The number of aryl methyl sites for hydroxylation is 4. The van der Waals surface area contributed by atoms with Gasteiger partial charge in [0.05, 0.1) is 5.39 Å². The Morgan fingerprint density at radius 3 is 2.79 bits per heavy atom. The van der Waals surface area contributed by atoms with Crippen LogP contribution in [0.25, 0.3) is 27.4 Å². The molecular weight excluding hydrogens is 384 g/mol. The Morgan fingerprint density at radius 1 is 1.10 bits per heavy atom. The molecule has 29 heavy (non-hydrogen) atoms. The molecule has 0 aliphatic carbocycles. The number of benzene rings is 1. The van der Waals surface area contributed by atoms with Gasteiger partial charge in [-0.15, -0.1) is 16.4 Å². The average molecular weight is 404 g/mol. The number of hydrogen-bond acceptors (Lipinski definition) is 6. The molecule has 4 heterocycles. The number of fused-ring (bicyclic) bond motifs is 3. The summed E-state index contributed by atoms with van der Waals surface area (Å²) in [7, 11) is 0. The molecule has 0 atom stereocenters. The molecular formula is C22H20N4O2S. The van der Waals surface area contributed by atoms with E-state index in [0.29, 0.717) is 18.2 Å². The highest BCUT2D eigenvalue weighted by atomic mass is 32.1. The summed E-state index contributed by atoms with van der Waals surface area (Å²) in [6.45, 7) is 8.66. The van der Waals surface area contributed by atoms with Crippen molar-refractivity contribution in [2.75, 3.05) is 0 Å². The smallest absolute Gasteiger partial charge is 0.217 e. The Kier molecular flexibility index (Phi) is 4.13. The Labute approximate surface area is 171 Å². The molecule has 4 aromatic heterocycles. The predicted molar refractivity (Wildman–Crippen MR) is 114 cm³/mol. The molecule has 5 aromatic rings. The number of nitrogens with zero attached hydrogens (tertiary/aromatic N) is 4. The lowest BCUT2D eigenvalue weighted by Crippen LogP contribution is -1.95. The highest BCUT2D eigenvalue weighted by molar-refractivity contribution is 7.18. The maximum Gasteiger partial charge on any atom is 0.217 e. The van der Waals surface area contributed by atoms with Crippen molar-refractivity contribution >= 4 is 27.2 Å². The second-order valence-corrected chi connectivity index (χ2v) is 8.44. The summed E-state index contributed by atoms with van der Waals surface area (Å²) in [6.07, 6.45) is 1.71. The van der Waals surface area contributed by atoms with E-state index in [2.05, 4.69) is 36.9 Å². The molecule has 7 heteroatoms. The first-order valence-electron chi connectivity index (χ1n) is 9.40. The SMILES string of the molecule is Cc1ccc(OCc2ccc(-c3nc4c5c(C)c(C)sc5ncn4n3)o2)c(C)c1. The molecule has 0 saturated carbocycles. The molecule has 0 aliphatic heterocycles. The summed E-state index contributed by atoms with van der Waals surface area (Å²) >= 11 is 1.68. The van der Waals surface area contributed by atoms with Crippen molar-refractivity contribution in [3.8, 4) is 17.3 Å². The lowest BCUT2D eigenvalue weighted by molar-refractivity contribution is 0.270. The van der Waals surface area contributed by atoms with Gasteiger partial charge in [-0.25, -0.2) is 14.5 Å². The van der Waals surface area contributed by atoms with E-state index >= 15 is 0 Å². The summed E-state index contributed by atoms with van der Waals surface area (Å²) in [4.78, 5) is 11.5. The minimum atomic E-state index is 0.353. The third-order valence-corrected chi connectivity index (χ3v) is 6.20. The minimum absolute atomic E-state index is 0.353. The maximum atomic E-state index is 5.95. The number of rotatable bonds is 4. The molecule has 0 aliphatic rings. The molecule has 0 unspecified atom stereocenters. The van der Waals surface area contributed by atoms with Crippen LogP contribution in [-0.4, -0.2) is 19.6 Å². The third-order valence-electron chi connectivity index (χ3n) is 5.09. The van der Waals surface area contributed by atoms with Crippen LogP contribution in [0.4, 0.5) is 0 Å². The molecule has 1 aromatic carbocycles. The van der Waals surface area contributed by atoms with Crippen molar-refractivity contribution in [1.29, 1.82) is 0 Å². The summed E-state index contributed by atoms with van der Waals surface area (Å²) in [5.41, 5.74) is 4.32.